The fourth-order valence-electron chi connectivity index (χ4n) is 0.672. The molecule has 1 unspecified atom stereocenters. The van der Waals surface area contributed by atoms with Crippen LogP contribution < -0.4 is 0 Å². The summed E-state index contributed by atoms with van der Waals surface area (Å²) in [7, 11) is 2.03. The summed E-state index contributed by atoms with van der Waals surface area (Å²) in [6.45, 7) is 7.04. The highest BCUT2D eigenvalue weighted by Crippen LogP contribution is 1.97. The molecule has 0 aromatic heterocycles. The number of hydrogen-bond acceptors (Lipinski definition) is 2. The standard InChI is InChI=1S/C8H19NO/c1-5-8(10)6-9(4)7(2)3/h7-8,10H,5-6H2,1-4H3. The molecule has 0 amide bonds. The number of hydrogen-bond donors (Lipinski definition) is 1. The van der Waals surface area contributed by atoms with Gasteiger partial charge < -0.3 is 10.0 Å². The Hall–Kier alpha value is -0.0800. The van der Waals surface area contributed by atoms with Crippen LogP contribution in [0.4, 0.5) is 0 Å². The molecule has 0 aromatic rings. The molecule has 0 aliphatic rings. The molecule has 0 radical (unpaired) electrons. The lowest BCUT2D eigenvalue weighted by atomic mass is 10.2. The zero-order chi connectivity index (χ0) is 8.15. The van der Waals surface area contributed by atoms with Crippen molar-refractivity contribution in [1.29, 1.82) is 0 Å². The average Bonchev–Trinajstić information content (AvgIpc) is 1.87. The lowest BCUT2D eigenvalue weighted by molar-refractivity contribution is 0.109. The first-order valence-electron chi connectivity index (χ1n) is 3.96. The van der Waals surface area contributed by atoms with Gasteiger partial charge in [0.15, 0.2) is 0 Å². The van der Waals surface area contributed by atoms with E-state index in [-0.39, 0.29) is 6.10 Å². The molecule has 0 aliphatic carbocycles. The number of aliphatic hydroxyl groups is 1. The van der Waals surface area contributed by atoms with E-state index in [0.717, 1.165) is 13.0 Å². The third-order valence-electron chi connectivity index (χ3n) is 1.85. The minimum atomic E-state index is -0.160. The van der Waals surface area contributed by atoms with E-state index in [1.807, 2.05) is 14.0 Å². The summed E-state index contributed by atoms with van der Waals surface area (Å²) in [6.07, 6.45) is 0.684. The molecule has 0 rings (SSSR count). The molecule has 0 spiro atoms. The summed E-state index contributed by atoms with van der Waals surface area (Å²) in [5.74, 6) is 0. The van der Waals surface area contributed by atoms with Gasteiger partial charge in [0.05, 0.1) is 6.10 Å². The number of rotatable bonds is 4. The highest BCUT2D eigenvalue weighted by atomic mass is 16.3. The maximum Gasteiger partial charge on any atom is 0.0664 e. The predicted octanol–water partition coefficient (Wildman–Crippen LogP) is 1.10. The van der Waals surface area contributed by atoms with Gasteiger partial charge in [0.2, 0.25) is 0 Å². The van der Waals surface area contributed by atoms with Gasteiger partial charge in [-0.05, 0) is 27.3 Å². The van der Waals surface area contributed by atoms with Gasteiger partial charge in [-0.2, -0.15) is 0 Å². The zero-order valence-corrected chi connectivity index (χ0v) is 7.46. The summed E-state index contributed by atoms with van der Waals surface area (Å²) in [6, 6.07) is 0.529. The van der Waals surface area contributed by atoms with E-state index in [1.165, 1.54) is 0 Å². The van der Waals surface area contributed by atoms with E-state index < -0.39 is 0 Å². The van der Waals surface area contributed by atoms with Crippen molar-refractivity contribution in [3.63, 3.8) is 0 Å². The van der Waals surface area contributed by atoms with E-state index in [4.69, 9.17) is 0 Å². The Balaban J connectivity index is 3.46. The fourth-order valence-corrected chi connectivity index (χ4v) is 0.672. The van der Waals surface area contributed by atoms with Crippen LogP contribution in [0.15, 0.2) is 0 Å². The van der Waals surface area contributed by atoms with Gasteiger partial charge >= 0.3 is 0 Å². The van der Waals surface area contributed by atoms with Crippen LogP contribution in [-0.2, 0) is 0 Å². The first kappa shape index (κ1) is 9.92. The Morgan fingerprint density at radius 2 is 1.90 bits per heavy atom. The normalized spacial score (nSPS) is 14.7. The first-order chi connectivity index (χ1) is 4.57. The molecule has 0 saturated carbocycles. The van der Waals surface area contributed by atoms with Gasteiger partial charge in [-0.15, -0.1) is 0 Å². The molecular formula is C8H19NO. The smallest absolute Gasteiger partial charge is 0.0664 e. The first-order valence-corrected chi connectivity index (χ1v) is 3.96. The largest absolute Gasteiger partial charge is 0.392 e. The molecule has 2 nitrogen and oxygen atoms in total. The van der Waals surface area contributed by atoms with Gasteiger partial charge in [0, 0.05) is 12.6 Å². The van der Waals surface area contributed by atoms with Crippen LogP contribution in [0.1, 0.15) is 27.2 Å². The molecule has 1 atom stereocenters. The van der Waals surface area contributed by atoms with Crippen LogP contribution in [-0.4, -0.2) is 35.7 Å². The Morgan fingerprint density at radius 1 is 1.40 bits per heavy atom. The van der Waals surface area contributed by atoms with E-state index >= 15 is 0 Å². The molecule has 0 fully saturated rings. The van der Waals surface area contributed by atoms with E-state index in [1.54, 1.807) is 0 Å². The summed E-state index contributed by atoms with van der Waals surface area (Å²) in [5.41, 5.74) is 0. The van der Waals surface area contributed by atoms with Gasteiger partial charge in [0.1, 0.15) is 0 Å². The SMILES string of the molecule is CCC(O)CN(C)C(C)C. The maximum absolute atomic E-state index is 9.24. The molecule has 0 bridgehead atoms. The van der Waals surface area contributed by atoms with Gasteiger partial charge in [-0.3, -0.25) is 0 Å². The Morgan fingerprint density at radius 3 is 2.20 bits per heavy atom. The molecular weight excluding hydrogens is 126 g/mol. The van der Waals surface area contributed by atoms with Crippen molar-refractivity contribution in [2.45, 2.75) is 39.3 Å². The van der Waals surface area contributed by atoms with Crippen molar-refractivity contribution in [2.75, 3.05) is 13.6 Å². The van der Waals surface area contributed by atoms with Crippen LogP contribution in [0.3, 0.4) is 0 Å². The maximum atomic E-state index is 9.24. The number of aliphatic hydroxyl groups excluding tert-OH is 1. The topological polar surface area (TPSA) is 23.5 Å². The minimum Gasteiger partial charge on any atom is -0.392 e. The Labute approximate surface area is 63.8 Å². The quantitative estimate of drug-likeness (QED) is 0.640. The fraction of sp³-hybridized carbons (Fsp3) is 1.00. The monoisotopic (exact) mass is 145 g/mol. The second-order valence-electron chi connectivity index (χ2n) is 3.10. The van der Waals surface area contributed by atoms with Crippen molar-refractivity contribution in [3.05, 3.63) is 0 Å². The van der Waals surface area contributed by atoms with Crippen molar-refractivity contribution in [2.24, 2.45) is 0 Å². The summed E-state index contributed by atoms with van der Waals surface area (Å²) < 4.78 is 0. The summed E-state index contributed by atoms with van der Waals surface area (Å²) in [5, 5.41) is 9.24. The van der Waals surface area contributed by atoms with Gasteiger partial charge in [0.25, 0.3) is 0 Å². The lowest BCUT2D eigenvalue weighted by Gasteiger charge is -2.23. The van der Waals surface area contributed by atoms with Crippen LogP contribution in [0.5, 0.6) is 0 Å². The molecule has 0 saturated heterocycles. The summed E-state index contributed by atoms with van der Waals surface area (Å²) >= 11 is 0. The van der Waals surface area contributed by atoms with Crippen molar-refractivity contribution < 1.29 is 5.11 Å². The second kappa shape index (κ2) is 4.69. The van der Waals surface area contributed by atoms with Crippen LogP contribution >= 0.6 is 0 Å². The Bertz CT molecular complexity index is 83.3. The molecule has 0 aliphatic heterocycles. The lowest BCUT2D eigenvalue weighted by Crippen LogP contribution is -2.33. The number of likely N-dealkylation sites (N-methyl/N-ethyl adjacent to an activating group) is 1. The minimum absolute atomic E-state index is 0.160. The highest BCUT2D eigenvalue weighted by Gasteiger charge is 2.07. The van der Waals surface area contributed by atoms with Crippen molar-refractivity contribution in [1.82, 2.24) is 4.90 Å². The van der Waals surface area contributed by atoms with Crippen LogP contribution in [0.2, 0.25) is 0 Å². The number of nitrogens with zero attached hydrogens (tertiary/aromatic N) is 1. The van der Waals surface area contributed by atoms with Crippen LogP contribution in [0.25, 0.3) is 0 Å². The van der Waals surface area contributed by atoms with E-state index in [0.29, 0.717) is 6.04 Å². The van der Waals surface area contributed by atoms with Crippen molar-refractivity contribution >= 4 is 0 Å². The predicted molar refractivity (Wildman–Crippen MR) is 44.1 cm³/mol. The summed E-state index contributed by atoms with van der Waals surface area (Å²) in [4.78, 5) is 2.15. The Kier molecular flexibility index (Phi) is 4.65. The second-order valence-corrected chi connectivity index (χ2v) is 3.10. The molecule has 0 aromatic carbocycles. The molecule has 62 valence electrons. The van der Waals surface area contributed by atoms with Crippen molar-refractivity contribution in [3.8, 4) is 0 Å². The zero-order valence-electron chi connectivity index (χ0n) is 7.46. The van der Waals surface area contributed by atoms with Crippen LogP contribution in [0, 0.1) is 0 Å². The average molecular weight is 145 g/mol. The van der Waals surface area contributed by atoms with E-state index in [2.05, 4.69) is 18.7 Å². The highest BCUT2D eigenvalue weighted by molar-refractivity contribution is 4.62. The molecule has 10 heavy (non-hydrogen) atoms. The molecule has 0 heterocycles. The third kappa shape index (κ3) is 3.85. The van der Waals surface area contributed by atoms with Gasteiger partial charge in [-0.25, -0.2) is 0 Å². The molecule has 2 heteroatoms. The van der Waals surface area contributed by atoms with E-state index in [9.17, 15) is 5.11 Å². The molecule has 1 N–H and O–H groups in total. The third-order valence-corrected chi connectivity index (χ3v) is 1.85. The van der Waals surface area contributed by atoms with Gasteiger partial charge in [-0.1, -0.05) is 6.92 Å².